The van der Waals surface area contributed by atoms with Crippen molar-refractivity contribution in [3.8, 4) is 16.6 Å². The molecule has 0 atom stereocenters. The van der Waals surface area contributed by atoms with Gasteiger partial charge in [0.05, 0.1) is 22.2 Å². The number of hydrogen-bond donors (Lipinski definition) is 1. The molecule has 0 fully saturated rings. The molecule has 0 amide bonds. The molecular weight excluding hydrogens is 318 g/mol. The van der Waals surface area contributed by atoms with Gasteiger partial charge in [-0.05, 0) is 35.7 Å². The van der Waals surface area contributed by atoms with Crippen molar-refractivity contribution in [2.75, 3.05) is 0 Å². The first-order valence-corrected chi connectivity index (χ1v) is 8.11. The third-order valence-electron chi connectivity index (χ3n) is 3.87. The van der Waals surface area contributed by atoms with Crippen molar-refractivity contribution in [2.24, 2.45) is 5.16 Å². The van der Waals surface area contributed by atoms with E-state index in [9.17, 15) is 5.21 Å². The molecular formula is C19H11N3OS. The van der Waals surface area contributed by atoms with Crippen molar-refractivity contribution in [3.05, 3.63) is 71.7 Å². The predicted molar refractivity (Wildman–Crippen MR) is 94.6 cm³/mol. The Labute approximate surface area is 141 Å². The van der Waals surface area contributed by atoms with Gasteiger partial charge in [-0.1, -0.05) is 29.4 Å². The average molecular weight is 329 g/mol. The van der Waals surface area contributed by atoms with Crippen LogP contribution in [0.3, 0.4) is 0 Å². The molecule has 0 radical (unpaired) electrons. The normalized spacial score (nSPS) is 11.7. The molecule has 0 aliphatic carbocycles. The fourth-order valence-corrected chi connectivity index (χ4v) is 3.76. The molecule has 0 saturated carbocycles. The van der Waals surface area contributed by atoms with Gasteiger partial charge in [-0.2, -0.15) is 5.26 Å². The molecule has 0 spiro atoms. The lowest BCUT2D eigenvalue weighted by atomic mass is 10.1. The van der Waals surface area contributed by atoms with Crippen LogP contribution in [0.25, 0.3) is 31.4 Å². The van der Waals surface area contributed by atoms with Gasteiger partial charge in [-0.25, -0.2) is 0 Å². The smallest absolute Gasteiger partial charge is 0.112 e. The SMILES string of the molecule is N#Cc1ccc2/c(=N/O)cc(-c3cc4ccccc4cn3)sc2c1. The maximum absolute atomic E-state index is 9.35. The number of benzene rings is 2. The summed E-state index contributed by atoms with van der Waals surface area (Å²) in [5.74, 6) is 0. The summed E-state index contributed by atoms with van der Waals surface area (Å²) in [7, 11) is 0. The number of nitriles is 1. The minimum Gasteiger partial charge on any atom is -0.410 e. The van der Waals surface area contributed by atoms with Crippen LogP contribution in [0.2, 0.25) is 0 Å². The molecule has 2 aromatic heterocycles. The van der Waals surface area contributed by atoms with Gasteiger partial charge in [0.25, 0.3) is 0 Å². The van der Waals surface area contributed by atoms with E-state index in [1.807, 2.05) is 42.6 Å². The van der Waals surface area contributed by atoms with E-state index in [0.29, 0.717) is 10.9 Å². The van der Waals surface area contributed by atoms with Gasteiger partial charge in [0.1, 0.15) is 5.36 Å². The van der Waals surface area contributed by atoms with E-state index in [1.54, 1.807) is 18.2 Å². The van der Waals surface area contributed by atoms with Gasteiger partial charge in [0.2, 0.25) is 0 Å². The Hall–Kier alpha value is -3.23. The lowest BCUT2D eigenvalue weighted by Gasteiger charge is -2.05. The summed E-state index contributed by atoms with van der Waals surface area (Å²) in [6, 6.07) is 19.3. The van der Waals surface area contributed by atoms with Crippen LogP contribution in [0.15, 0.2) is 65.9 Å². The van der Waals surface area contributed by atoms with E-state index < -0.39 is 0 Å². The summed E-state index contributed by atoms with van der Waals surface area (Å²) in [6.07, 6.45) is 1.84. The highest BCUT2D eigenvalue weighted by Gasteiger charge is 2.07. The number of hydrogen-bond acceptors (Lipinski definition) is 5. The number of nitrogens with zero attached hydrogens (tertiary/aromatic N) is 3. The van der Waals surface area contributed by atoms with Gasteiger partial charge in [0, 0.05) is 21.7 Å². The van der Waals surface area contributed by atoms with Crippen molar-refractivity contribution in [1.82, 2.24) is 4.98 Å². The second-order valence-corrected chi connectivity index (χ2v) is 6.42. The maximum Gasteiger partial charge on any atom is 0.112 e. The largest absolute Gasteiger partial charge is 0.410 e. The third-order valence-corrected chi connectivity index (χ3v) is 4.97. The topological polar surface area (TPSA) is 69.3 Å². The molecule has 0 aliphatic heterocycles. The molecule has 4 aromatic rings. The second kappa shape index (κ2) is 5.76. The summed E-state index contributed by atoms with van der Waals surface area (Å²) in [4.78, 5) is 5.41. The van der Waals surface area contributed by atoms with Crippen LogP contribution in [0.5, 0.6) is 0 Å². The predicted octanol–water partition coefficient (Wildman–Crippen LogP) is 4.28. The average Bonchev–Trinajstić information content (AvgIpc) is 2.66. The number of rotatable bonds is 1. The highest BCUT2D eigenvalue weighted by Crippen LogP contribution is 2.29. The molecule has 5 heteroatoms. The van der Waals surface area contributed by atoms with Crippen LogP contribution in [0.1, 0.15) is 5.56 Å². The zero-order chi connectivity index (χ0) is 16.5. The lowest BCUT2D eigenvalue weighted by Crippen LogP contribution is -2.02. The molecule has 2 heterocycles. The van der Waals surface area contributed by atoms with Gasteiger partial charge in [-0.3, -0.25) is 4.98 Å². The Bertz CT molecular complexity index is 1190. The van der Waals surface area contributed by atoms with Crippen LogP contribution in [0, 0.1) is 11.3 Å². The van der Waals surface area contributed by atoms with Gasteiger partial charge >= 0.3 is 0 Å². The van der Waals surface area contributed by atoms with E-state index in [1.165, 1.54) is 11.3 Å². The van der Waals surface area contributed by atoms with Crippen molar-refractivity contribution in [2.45, 2.75) is 0 Å². The zero-order valence-electron chi connectivity index (χ0n) is 12.5. The zero-order valence-corrected chi connectivity index (χ0v) is 13.3. The fraction of sp³-hybridized carbons (Fsp3) is 0. The Balaban J connectivity index is 1.99. The summed E-state index contributed by atoms with van der Waals surface area (Å²) in [6.45, 7) is 0. The van der Waals surface area contributed by atoms with Crippen LogP contribution in [-0.2, 0) is 0 Å². The second-order valence-electron chi connectivity index (χ2n) is 5.34. The number of pyridine rings is 1. The Morgan fingerprint density at radius 1 is 1.04 bits per heavy atom. The Kier molecular flexibility index (Phi) is 3.45. The summed E-state index contributed by atoms with van der Waals surface area (Å²) in [5.41, 5.74) is 1.39. The fourth-order valence-electron chi connectivity index (χ4n) is 2.67. The summed E-state index contributed by atoms with van der Waals surface area (Å²) >= 11 is 1.52. The van der Waals surface area contributed by atoms with Crippen LogP contribution in [0.4, 0.5) is 0 Å². The van der Waals surface area contributed by atoms with Crippen molar-refractivity contribution in [1.29, 1.82) is 5.26 Å². The highest BCUT2D eigenvalue weighted by atomic mass is 32.1. The van der Waals surface area contributed by atoms with Crippen LogP contribution < -0.4 is 5.36 Å². The molecule has 0 bridgehead atoms. The van der Waals surface area contributed by atoms with E-state index in [0.717, 1.165) is 31.4 Å². The minimum atomic E-state index is 0.471. The van der Waals surface area contributed by atoms with Crippen molar-refractivity contribution < 1.29 is 5.21 Å². The van der Waals surface area contributed by atoms with Gasteiger partial charge in [-0.15, -0.1) is 11.3 Å². The highest BCUT2D eigenvalue weighted by molar-refractivity contribution is 7.21. The first-order valence-electron chi connectivity index (χ1n) is 7.30. The molecule has 1 N–H and O–H groups in total. The Morgan fingerprint density at radius 3 is 2.67 bits per heavy atom. The number of fused-ring (bicyclic) bond motifs is 2. The first kappa shape index (κ1) is 14.4. The quantitative estimate of drug-likeness (QED) is 0.418. The molecule has 0 saturated heterocycles. The lowest BCUT2D eigenvalue weighted by molar-refractivity contribution is 0.303. The molecule has 114 valence electrons. The van der Waals surface area contributed by atoms with Crippen molar-refractivity contribution >= 4 is 32.2 Å². The first-order chi connectivity index (χ1) is 11.8. The summed E-state index contributed by atoms with van der Waals surface area (Å²) in [5, 5.41) is 25.3. The van der Waals surface area contributed by atoms with Gasteiger partial charge in [0.15, 0.2) is 0 Å². The molecule has 4 nitrogen and oxygen atoms in total. The Morgan fingerprint density at radius 2 is 1.88 bits per heavy atom. The van der Waals surface area contributed by atoms with Crippen LogP contribution in [-0.4, -0.2) is 10.2 Å². The molecule has 24 heavy (non-hydrogen) atoms. The molecule has 4 rings (SSSR count). The van der Waals surface area contributed by atoms with E-state index >= 15 is 0 Å². The maximum atomic E-state index is 9.35. The minimum absolute atomic E-state index is 0.471. The van der Waals surface area contributed by atoms with E-state index in [-0.39, 0.29) is 0 Å². The molecule has 2 aromatic carbocycles. The van der Waals surface area contributed by atoms with Crippen molar-refractivity contribution in [3.63, 3.8) is 0 Å². The van der Waals surface area contributed by atoms with E-state index in [4.69, 9.17) is 5.26 Å². The number of aromatic nitrogens is 1. The van der Waals surface area contributed by atoms with Gasteiger partial charge < -0.3 is 5.21 Å². The summed E-state index contributed by atoms with van der Waals surface area (Å²) < 4.78 is 0.884. The molecule has 0 aliphatic rings. The standard InChI is InChI=1S/C19H11N3OS/c20-10-12-5-6-15-16(22-23)9-19(24-18(15)7-12)17-8-13-3-1-2-4-14(13)11-21-17/h1-9,11,23H/b22-16+. The van der Waals surface area contributed by atoms with Crippen LogP contribution >= 0.6 is 11.3 Å². The van der Waals surface area contributed by atoms with E-state index in [2.05, 4.69) is 16.2 Å². The third kappa shape index (κ3) is 2.39. The molecule has 0 unspecified atom stereocenters. The monoisotopic (exact) mass is 329 g/mol.